The standard InChI is InChI=1S/C10H19NO3/c1-10(11,9(12)13)6-3-7-14-8-4-2-5-8/h8H,2-7,11H2,1H3,(H,12,13)/t10-/m1/s1. The highest BCUT2D eigenvalue weighted by Crippen LogP contribution is 2.22. The van der Waals surface area contributed by atoms with Crippen molar-refractivity contribution >= 4 is 5.97 Å². The van der Waals surface area contributed by atoms with Gasteiger partial charge < -0.3 is 15.6 Å². The third-order valence-electron chi connectivity index (χ3n) is 2.73. The Morgan fingerprint density at radius 2 is 2.29 bits per heavy atom. The first-order valence-electron chi connectivity index (χ1n) is 5.16. The van der Waals surface area contributed by atoms with E-state index in [4.69, 9.17) is 15.6 Å². The van der Waals surface area contributed by atoms with Crippen LogP contribution in [0.4, 0.5) is 0 Å². The van der Waals surface area contributed by atoms with Crippen molar-refractivity contribution in [1.82, 2.24) is 0 Å². The van der Waals surface area contributed by atoms with Crippen LogP contribution in [-0.4, -0.2) is 29.3 Å². The average Bonchev–Trinajstić information content (AvgIpc) is 2.00. The summed E-state index contributed by atoms with van der Waals surface area (Å²) in [4.78, 5) is 10.7. The summed E-state index contributed by atoms with van der Waals surface area (Å²) < 4.78 is 5.50. The number of rotatable bonds is 6. The van der Waals surface area contributed by atoms with Crippen molar-refractivity contribution in [3.63, 3.8) is 0 Å². The molecule has 14 heavy (non-hydrogen) atoms. The Balaban J connectivity index is 2.04. The van der Waals surface area contributed by atoms with Crippen molar-refractivity contribution in [3.05, 3.63) is 0 Å². The zero-order valence-electron chi connectivity index (χ0n) is 8.66. The van der Waals surface area contributed by atoms with Crippen LogP contribution in [-0.2, 0) is 9.53 Å². The van der Waals surface area contributed by atoms with Crippen LogP contribution in [0.5, 0.6) is 0 Å². The van der Waals surface area contributed by atoms with Gasteiger partial charge >= 0.3 is 5.97 Å². The molecule has 0 bridgehead atoms. The largest absolute Gasteiger partial charge is 0.480 e. The Kier molecular flexibility index (Phi) is 3.89. The van der Waals surface area contributed by atoms with Crippen molar-refractivity contribution in [2.75, 3.05) is 6.61 Å². The number of carboxylic acid groups (broad SMARTS) is 1. The zero-order valence-corrected chi connectivity index (χ0v) is 8.66. The molecule has 0 saturated heterocycles. The Labute approximate surface area is 84.4 Å². The molecule has 0 radical (unpaired) electrons. The zero-order chi connectivity index (χ0) is 10.6. The molecule has 3 N–H and O–H groups in total. The summed E-state index contributed by atoms with van der Waals surface area (Å²) in [6.07, 6.45) is 5.17. The van der Waals surface area contributed by atoms with E-state index < -0.39 is 11.5 Å². The predicted octanol–water partition coefficient (Wildman–Crippen LogP) is 1.14. The van der Waals surface area contributed by atoms with E-state index in [2.05, 4.69) is 0 Å². The summed E-state index contributed by atoms with van der Waals surface area (Å²) in [7, 11) is 0. The second-order valence-corrected chi connectivity index (χ2v) is 4.25. The molecule has 0 heterocycles. The molecular weight excluding hydrogens is 182 g/mol. The number of ether oxygens (including phenoxy) is 1. The summed E-state index contributed by atoms with van der Waals surface area (Å²) >= 11 is 0. The fourth-order valence-corrected chi connectivity index (χ4v) is 1.33. The second kappa shape index (κ2) is 4.75. The van der Waals surface area contributed by atoms with Crippen LogP contribution >= 0.6 is 0 Å². The first kappa shape index (κ1) is 11.5. The summed E-state index contributed by atoms with van der Waals surface area (Å²) in [5, 5.41) is 8.74. The molecule has 1 aliphatic rings. The minimum atomic E-state index is -1.11. The molecule has 1 atom stereocenters. The van der Waals surface area contributed by atoms with Crippen molar-refractivity contribution in [2.24, 2.45) is 5.73 Å². The van der Waals surface area contributed by atoms with Crippen LogP contribution in [0.25, 0.3) is 0 Å². The van der Waals surface area contributed by atoms with Gasteiger partial charge in [0.25, 0.3) is 0 Å². The number of carbonyl (C=O) groups is 1. The minimum absolute atomic E-state index is 0.420. The van der Waals surface area contributed by atoms with Gasteiger partial charge in [0.1, 0.15) is 5.54 Å². The van der Waals surface area contributed by atoms with Gasteiger partial charge in [-0.3, -0.25) is 4.79 Å². The molecule has 1 fully saturated rings. The van der Waals surface area contributed by atoms with E-state index in [0.717, 1.165) is 19.3 Å². The third kappa shape index (κ3) is 3.27. The molecule has 1 saturated carbocycles. The molecule has 1 aliphatic carbocycles. The van der Waals surface area contributed by atoms with Gasteiger partial charge in [-0.1, -0.05) is 0 Å². The Morgan fingerprint density at radius 1 is 1.64 bits per heavy atom. The van der Waals surface area contributed by atoms with Gasteiger partial charge in [0.05, 0.1) is 6.10 Å². The topological polar surface area (TPSA) is 72.5 Å². The highest BCUT2D eigenvalue weighted by molar-refractivity contribution is 5.77. The van der Waals surface area contributed by atoms with Crippen molar-refractivity contribution < 1.29 is 14.6 Å². The number of hydrogen-bond acceptors (Lipinski definition) is 3. The van der Waals surface area contributed by atoms with Crippen molar-refractivity contribution in [2.45, 2.75) is 50.7 Å². The fraction of sp³-hybridized carbons (Fsp3) is 0.900. The lowest BCUT2D eigenvalue weighted by atomic mass is 9.95. The molecule has 0 aliphatic heterocycles. The normalized spacial score (nSPS) is 21.3. The van der Waals surface area contributed by atoms with Crippen LogP contribution < -0.4 is 5.73 Å². The number of carboxylic acids is 1. The van der Waals surface area contributed by atoms with Gasteiger partial charge in [-0.25, -0.2) is 0 Å². The van der Waals surface area contributed by atoms with E-state index in [1.165, 1.54) is 6.42 Å². The SMILES string of the molecule is C[C@@](N)(CCCOC1CCC1)C(=O)O. The summed E-state index contributed by atoms with van der Waals surface area (Å²) in [6, 6.07) is 0. The van der Waals surface area contributed by atoms with Gasteiger partial charge in [0.2, 0.25) is 0 Å². The van der Waals surface area contributed by atoms with Crippen LogP contribution in [0.15, 0.2) is 0 Å². The van der Waals surface area contributed by atoms with Crippen LogP contribution in [0, 0.1) is 0 Å². The van der Waals surface area contributed by atoms with Crippen molar-refractivity contribution in [3.8, 4) is 0 Å². The van der Waals surface area contributed by atoms with E-state index in [1.54, 1.807) is 6.92 Å². The molecular formula is C10H19NO3. The van der Waals surface area contributed by atoms with E-state index in [1.807, 2.05) is 0 Å². The number of hydrogen-bond donors (Lipinski definition) is 2. The van der Waals surface area contributed by atoms with E-state index in [0.29, 0.717) is 19.1 Å². The highest BCUT2D eigenvalue weighted by Gasteiger charge is 2.27. The molecule has 0 unspecified atom stereocenters. The molecule has 1 rings (SSSR count). The summed E-state index contributed by atoms with van der Waals surface area (Å²) in [6.45, 7) is 2.17. The van der Waals surface area contributed by atoms with Gasteiger partial charge in [0.15, 0.2) is 0 Å². The van der Waals surface area contributed by atoms with E-state index in [-0.39, 0.29) is 0 Å². The molecule has 4 heteroatoms. The maximum absolute atomic E-state index is 10.7. The highest BCUT2D eigenvalue weighted by atomic mass is 16.5. The smallest absolute Gasteiger partial charge is 0.323 e. The van der Waals surface area contributed by atoms with Crippen LogP contribution in [0.2, 0.25) is 0 Å². The van der Waals surface area contributed by atoms with Gasteiger partial charge in [-0.15, -0.1) is 0 Å². The molecule has 0 amide bonds. The number of nitrogens with two attached hydrogens (primary N) is 1. The van der Waals surface area contributed by atoms with Crippen LogP contribution in [0.3, 0.4) is 0 Å². The average molecular weight is 201 g/mol. The van der Waals surface area contributed by atoms with Gasteiger partial charge in [-0.05, 0) is 39.0 Å². The molecule has 0 aromatic heterocycles. The van der Waals surface area contributed by atoms with E-state index in [9.17, 15) is 4.79 Å². The summed E-state index contributed by atoms with van der Waals surface area (Å²) in [5.74, 6) is -0.943. The molecule has 82 valence electrons. The van der Waals surface area contributed by atoms with Crippen LogP contribution in [0.1, 0.15) is 39.0 Å². The van der Waals surface area contributed by atoms with Gasteiger partial charge in [-0.2, -0.15) is 0 Å². The summed E-state index contributed by atoms with van der Waals surface area (Å²) in [5.41, 5.74) is 4.46. The Bertz CT molecular complexity index is 200. The lowest BCUT2D eigenvalue weighted by Crippen LogP contribution is -2.44. The number of aliphatic carboxylic acids is 1. The minimum Gasteiger partial charge on any atom is -0.480 e. The molecule has 0 aromatic carbocycles. The molecule has 0 spiro atoms. The Morgan fingerprint density at radius 3 is 2.71 bits per heavy atom. The predicted molar refractivity (Wildman–Crippen MR) is 53.1 cm³/mol. The maximum atomic E-state index is 10.7. The van der Waals surface area contributed by atoms with Gasteiger partial charge in [0, 0.05) is 6.61 Å². The first-order valence-corrected chi connectivity index (χ1v) is 5.16. The van der Waals surface area contributed by atoms with E-state index >= 15 is 0 Å². The quantitative estimate of drug-likeness (QED) is 0.632. The maximum Gasteiger partial charge on any atom is 0.323 e. The Hall–Kier alpha value is -0.610. The fourth-order valence-electron chi connectivity index (χ4n) is 1.33. The monoisotopic (exact) mass is 201 g/mol. The third-order valence-corrected chi connectivity index (χ3v) is 2.73. The van der Waals surface area contributed by atoms with Crippen molar-refractivity contribution in [1.29, 1.82) is 0 Å². The lowest BCUT2D eigenvalue weighted by Gasteiger charge is -2.26. The molecule has 4 nitrogen and oxygen atoms in total. The first-order chi connectivity index (χ1) is 6.52. The molecule has 0 aromatic rings. The second-order valence-electron chi connectivity index (χ2n) is 4.25. The lowest BCUT2D eigenvalue weighted by molar-refractivity contribution is -0.143.